The van der Waals surface area contributed by atoms with Gasteiger partial charge in [0.05, 0.1) is 0 Å². The van der Waals surface area contributed by atoms with Crippen molar-refractivity contribution >= 4 is 27.5 Å². The zero-order valence-electron chi connectivity index (χ0n) is 11.8. The van der Waals surface area contributed by atoms with Crippen molar-refractivity contribution in [1.29, 1.82) is 0 Å². The van der Waals surface area contributed by atoms with Crippen LogP contribution in [-0.4, -0.2) is 7.05 Å². The smallest absolute Gasteiger partial charge is 0.0465 e. The van der Waals surface area contributed by atoms with Gasteiger partial charge in [0.15, 0.2) is 0 Å². The van der Waals surface area contributed by atoms with Crippen molar-refractivity contribution in [3.63, 3.8) is 0 Å². The third kappa shape index (κ3) is 3.74. The minimum Gasteiger partial charge on any atom is -0.313 e. The van der Waals surface area contributed by atoms with Crippen LogP contribution in [-0.2, 0) is 0 Å². The molecule has 1 unspecified atom stereocenters. The predicted molar refractivity (Wildman–Crippen MR) is 86.7 cm³/mol. The molecule has 2 rings (SSSR count). The summed E-state index contributed by atoms with van der Waals surface area (Å²) in [5.74, 6) is 1.65. The molecule has 0 heterocycles. The van der Waals surface area contributed by atoms with Gasteiger partial charge in [-0.1, -0.05) is 59.8 Å². The molecule has 1 aromatic rings. The van der Waals surface area contributed by atoms with E-state index in [1.54, 1.807) is 0 Å². The fourth-order valence-corrected chi connectivity index (χ4v) is 4.12. The lowest BCUT2D eigenvalue weighted by Gasteiger charge is -2.34. The van der Waals surface area contributed by atoms with Gasteiger partial charge >= 0.3 is 0 Å². The van der Waals surface area contributed by atoms with E-state index in [1.807, 2.05) is 6.07 Å². The maximum absolute atomic E-state index is 6.41. The fourth-order valence-electron chi connectivity index (χ4n) is 3.33. The first-order chi connectivity index (χ1) is 9.15. The summed E-state index contributed by atoms with van der Waals surface area (Å²) >= 11 is 9.88. The van der Waals surface area contributed by atoms with E-state index in [1.165, 1.54) is 37.7 Å². The summed E-state index contributed by atoms with van der Waals surface area (Å²) in [5.41, 5.74) is 1.24. The Morgan fingerprint density at radius 2 is 2.00 bits per heavy atom. The molecule has 1 atom stereocenters. The molecule has 0 saturated heterocycles. The molecular weight excluding hydrogens is 322 g/mol. The van der Waals surface area contributed by atoms with Crippen LogP contribution in [0, 0.1) is 11.8 Å². The van der Waals surface area contributed by atoms with Crippen molar-refractivity contribution in [2.75, 3.05) is 7.05 Å². The molecule has 0 aromatic heterocycles. The summed E-state index contributed by atoms with van der Waals surface area (Å²) in [4.78, 5) is 0. The summed E-state index contributed by atoms with van der Waals surface area (Å²) in [5, 5.41) is 4.35. The maximum Gasteiger partial charge on any atom is 0.0465 e. The van der Waals surface area contributed by atoms with Crippen LogP contribution in [0.2, 0.25) is 5.02 Å². The Hall–Kier alpha value is -0.0500. The first-order valence-electron chi connectivity index (χ1n) is 7.28. The molecule has 1 aliphatic rings. The highest BCUT2D eigenvalue weighted by molar-refractivity contribution is 9.10. The highest BCUT2D eigenvalue weighted by atomic mass is 79.9. The van der Waals surface area contributed by atoms with Gasteiger partial charge in [-0.15, -0.1) is 0 Å². The minimum absolute atomic E-state index is 0.387. The Bertz CT molecular complexity index is 413. The lowest BCUT2D eigenvalue weighted by atomic mass is 9.76. The maximum atomic E-state index is 6.41. The standard InChI is InChI=1S/C16H23BrClN/c1-3-11-4-6-12(7-5-11)16(19-2)14-9-8-13(17)10-15(14)18/h8-12,16,19H,3-7H2,1-2H3. The highest BCUT2D eigenvalue weighted by Crippen LogP contribution is 2.40. The second-order valence-electron chi connectivity index (χ2n) is 5.62. The van der Waals surface area contributed by atoms with Crippen molar-refractivity contribution in [2.24, 2.45) is 11.8 Å². The van der Waals surface area contributed by atoms with Gasteiger partial charge in [-0.2, -0.15) is 0 Å². The van der Waals surface area contributed by atoms with E-state index in [0.717, 1.165) is 15.4 Å². The molecular formula is C16H23BrClN. The van der Waals surface area contributed by atoms with E-state index >= 15 is 0 Å². The normalized spacial score (nSPS) is 25.3. The Morgan fingerprint density at radius 1 is 1.32 bits per heavy atom. The number of nitrogens with one attached hydrogen (secondary N) is 1. The average Bonchev–Trinajstić information content (AvgIpc) is 2.42. The van der Waals surface area contributed by atoms with Crippen LogP contribution < -0.4 is 5.32 Å². The molecule has 1 saturated carbocycles. The minimum atomic E-state index is 0.387. The van der Waals surface area contributed by atoms with Crippen LogP contribution in [0.4, 0.5) is 0 Å². The monoisotopic (exact) mass is 343 g/mol. The molecule has 0 spiro atoms. The first-order valence-corrected chi connectivity index (χ1v) is 8.45. The van der Waals surface area contributed by atoms with Crippen LogP contribution in [0.25, 0.3) is 0 Å². The zero-order valence-corrected chi connectivity index (χ0v) is 14.1. The molecule has 1 N–H and O–H groups in total. The molecule has 1 nitrogen and oxygen atoms in total. The van der Waals surface area contributed by atoms with Gasteiger partial charge in [0.1, 0.15) is 0 Å². The second-order valence-corrected chi connectivity index (χ2v) is 6.94. The average molecular weight is 345 g/mol. The van der Waals surface area contributed by atoms with E-state index in [-0.39, 0.29) is 0 Å². The largest absolute Gasteiger partial charge is 0.313 e. The van der Waals surface area contributed by atoms with Crippen molar-refractivity contribution in [3.05, 3.63) is 33.3 Å². The Labute approximate surface area is 130 Å². The van der Waals surface area contributed by atoms with Crippen LogP contribution in [0.5, 0.6) is 0 Å². The third-order valence-electron chi connectivity index (χ3n) is 4.55. The van der Waals surface area contributed by atoms with Crippen LogP contribution in [0.15, 0.2) is 22.7 Å². The summed E-state index contributed by atoms with van der Waals surface area (Å²) in [6, 6.07) is 6.63. The van der Waals surface area contributed by atoms with Crippen LogP contribution in [0.3, 0.4) is 0 Å². The van der Waals surface area contributed by atoms with E-state index in [2.05, 4.69) is 47.4 Å². The lowest BCUT2D eigenvalue weighted by molar-refractivity contribution is 0.224. The molecule has 1 fully saturated rings. The predicted octanol–water partition coefficient (Wildman–Crippen LogP) is 5.58. The van der Waals surface area contributed by atoms with E-state index in [9.17, 15) is 0 Å². The third-order valence-corrected chi connectivity index (χ3v) is 5.37. The van der Waals surface area contributed by atoms with Gasteiger partial charge in [-0.25, -0.2) is 0 Å². The zero-order chi connectivity index (χ0) is 13.8. The molecule has 0 bridgehead atoms. The Kier molecular flexibility index (Phi) is 5.73. The van der Waals surface area contributed by atoms with E-state index < -0.39 is 0 Å². The van der Waals surface area contributed by atoms with Gasteiger partial charge in [-0.05, 0) is 49.4 Å². The van der Waals surface area contributed by atoms with Gasteiger partial charge < -0.3 is 5.32 Å². The number of rotatable bonds is 4. The summed E-state index contributed by atoms with van der Waals surface area (Å²) in [7, 11) is 2.05. The molecule has 19 heavy (non-hydrogen) atoms. The van der Waals surface area contributed by atoms with Crippen LogP contribution in [0.1, 0.15) is 50.6 Å². The van der Waals surface area contributed by atoms with E-state index in [0.29, 0.717) is 12.0 Å². The number of benzene rings is 1. The highest BCUT2D eigenvalue weighted by Gasteiger charge is 2.28. The van der Waals surface area contributed by atoms with Crippen molar-refractivity contribution in [3.8, 4) is 0 Å². The van der Waals surface area contributed by atoms with Crippen molar-refractivity contribution in [2.45, 2.75) is 45.1 Å². The molecule has 3 heteroatoms. The van der Waals surface area contributed by atoms with Gasteiger partial charge in [-0.3, -0.25) is 0 Å². The summed E-state index contributed by atoms with van der Waals surface area (Å²) in [6.07, 6.45) is 6.70. The quantitative estimate of drug-likeness (QED) is 0.752. The van der Waals surface area contributed by atoms with Gasteiger partial charge in [0, 0.05) is 15.5 Å². The fraction of sp³-hybridized carbons (Fsp3) is 0.625. The number of halogens is 2. The summed E-state index contributed by atoms with van der Waals surface area (Å²) in [6.45, 7) is 2.31. The number of hydrogen-bond donors (Lipinski definition) is 1. The summed E-state index contributed by atoms with van der Waals surface area (Å²) < 4.78 is 1.05. The topological polar surface area (TPSA) is 12.0 Å². The van der Waals surface area contributed by atoms with E-state index in [4.69, 9.17) is 11.6 Å². The lowest BCUT2D eigenvalue weighted by Crippen LogP contribution is -2.29. The molecule has 1 aromatic carbocycles. The first kappa shape index (κ1) is 15.3. The molecule has 0 radical (unpaired) electrons. The molecule has 0 aliphatic heterocycles. The SMILES string of the molecule is CCC1CCC(C(NC)c2ccc(Br)cc2Cl)CC1. The van der Waals surface area contributed by atoms with Crippen molar-refractivity contribution < 1.29 is 0 Å². The van der Waals surface area contributed by atoms with Crippen molar-refractivity contribution in [1.82, 2.24) is 5.32 Å². The van der Waals surface area contributed by atoms with Gasteiger partial charge in [0.25, 0.3) is 0 Å². The second kappa shape index (κ2) is 7.10. The molecule has 106 valence electrons. The van der Waals surface area contributed by atoms with Gasteiger partial charge in [0.2, 0.25) is 0 Å². The molecule has 1 aliphatic carbocycles. The van der Waals surface area contributed by atoms with Crippen LogP contribution >= 0.6 is 27.5 Å². The molecule has 0 amide bonds. The Balaban J connectivity index is 2.12. The Morgan fingerprint density at radius 3 is 2.53 bits per heavy atom. The number of hydrogen-bond acceptors (Lipinski definition) is 1.